The summed E-state index contributed by atoms with van der Waals surface area (Å²) in [6, 6.07) is 12.0. The Hall–Kier alpha value is -3.12. The molecule has 2 aromatic rings. The van der Waals surface area contributed by atoms with Crippen molar-refractivity contribution >= 4 is 22.8 Å². The van der Waals surface area contributed by atoms with Crippen LogP contribution in [-0.2, 0) is 16.1 Å². The number of ether oxygens (including phenoxy) is 2. The molecular formula is C26H28N4O3S. The van der Waals surface area contributed by atoms with Crippen molar-refractivity contribution in [3.63, 3.8) is 0 Å². The van der Waals surface area contributed by atoms with Gasteiger partial charge in [-0.3, -0.25) is 14.6 Å². The van der Waals surface area contributed by atoms with Crippen LogP contribution < -0.4 is 15.4 Å². The minimum atomic E-state index is -0.411. The highest BCUT2D eigenvalue weighted by molar-refractivity contribution is 7.10. The Morgan fingerprint density at radius 3 is 2.71 bits per heavy atom. The molecule has 0 saturated carbocycles. The Morgan fingerprint density at radius 1 is 1.24 bits per heavy atom. The number of ketones is 1. The fraction of sp³-hybridized carbons (Fsp3) is 0.385. The highest BCUT2D eigenvalue weighted by Gasteiger charge is 2.41. The van der Waals surface area contributed by atoms with Crippen molar-refractivity contribution in [2.45, 2.75) is 31.7 Å². The fourth-order valence-electron chi connectivity index (χ4n) is 5.04. The van der Waals surface area contributed by atoms with E-state index in [-0.39, 0.29) is 5.78 Å². The minimum Gasteiger partial charge on any atom is -0.497 e. The number of methoxy groups -OCH3 is 1. The Labute approximate surface area is 203 Å². The number of benzene rings is 1. The molecule has 0 bridgehead atoms. The van der Waals surface area contributed by atoms with Crippen LogP contribution >= 0.6 is 11.3 Å². The van der Waals surface area contributed by atoms with Gasteiger partial charge in [-0.2, -0.15) is 5.26 Å². The van der Waals surface area contributed by atoms with Gasteiger partial charge in [0.1, 0.15) is 11.6 Å². The topological polar surface area (TPSA) is 91.8 Å². The highest BCUT2D eigenvalue weighted by Crippen LogP contribution is 2.47. The third-order valence-electron chi connectivity index (χ3n) is 6.71. The Morgan fingerprint density at radius 2 is 2.00 bits per heavy atom. The van der Waals surface area contributed by atoms with Crippen molar-refractivity contribution in [3.8, 4) is 11.8 Å². The van der Waals surface area contributed by atoms with Crippen LogP contribution in [0.5, 0.6) is 5.75 Å². The second-order valence-electron chi connectivity index (χ2n) is 8.76. The number of morpholine rings is 1. The quantitative estimate of drug-likeness (QED) is 0.700. The van der Waals surface area contributed by atoms with Crippen LogP contribution in [0.25, 0.3) is 0 Å². The van der Waals surface area contributed by atoms with E-state index >= 15 is 0 Å². The van der Waals surface area contributed by atoms with Crippen LogP contribution in [-0.4, -0.2) is 44.1 Å². The molecule has 0 spiro atoms. The second-order valence-corrected chi connectivity index (χ2v) is 9.70. The summed E-state index contributed by atoms with van der Waals surface area (Å²) in [5.41, 5.74) is 10.7. The number of hydrogen-bond acceptors (Lipinski definition) is 8. The average molecular weight is 477 g/mol. The Kier molecular flexibility index (Phi) is 6.42. The third kappa shape index (κ3) is 4.11. The van der Waals surface area contributed by atoms with Gasteiger partial charge in [-0.1, -0.05) is 0 Å². The predicted octanol–water partition coefficient (Wildman–Crippen LogP) is 3.89. The minimum absolute atomic E-state index is 0.105. The second kappa shape index (κ2) is 9.63. The first kappa shape index (κ1) is 22.7. The molecule has 176 valence electrons. The molecule has 1 aliphatic carbocycles. The van der Waals surface area contributed by atoms with E-state index in [1.54, 1.807) is 18.4 Å². The Bertz CT molecular complexity index is 1190. The number of nitriles is 1. The number of nitrogens with zero attached hydrogens (tertiary/aromatic N) is 3. The predicted molar refractivity (Wildman–Crippen MR) is 131 cm³/mol. The normalized spacial score (nSPS) is 21.5. The lowest BCUT2D eigenvalue weighted by atomic mass is 9.78. The van der Waals surface area contributed by atoms with E-state index in [4.69, 9.17) is 15.2 Å². The van der Waals surface area contributed by atoms with Gasteiger partial charge in [0.05, 0.1) is 37.9 Å². The van der Waals surface area contributed by atoms with Crippen molar-refractivity contribution < 1.29 is 14.3 Å². The zero-order chi connectivity index (χ0) is 23.7. The van der Waals surface area contributed by atoms with Crippen LogP contribution in [0.4, 0.5) is 5.69 Å². The maximum absolute atomic E-state index is 13.3. The van der Waals surface area contributed by atoms with Gasteiger partial charge >= 0.3 is 0 Å². The number of anilines is 1. The zero-order valence-corrected chi connectivity index (χ0v) is 20.1. The summed E-state index contributed by atoms with van der Waals surface area (Å²) in [4.78, 5) is 18.5. The van der Waals surface area contributed by atoms with Crippen molar-refractivity contribution in [1.82, 2.24) is 4.90 Å². The summed E-state index contributed by atoms with van der Waals surface area (Å²) in [6.45, 7) is 4.17. The van der Waals surface area contributed by atoms with E-state index in [2.05, 4.69) is 22.4 Å². The van der Waals surface area contributed by atoms with Gasteiger partial charge in [0.15, 0.2) is 5.78 Å². The molecule has 8 heteroatoms. The lowest BCUT2D eigenvalue weighted by Gasteiger charge is -2.39. The molecule has 0 unspecified atom stereocenters. The number of Topliss-reactive ketones (excluding diaryl/α,β-unsaturated/α-hetero) is 1. The molecule has 1 atom stereocenters. The molecule has 0 amide bonds. The number of carbonyl (C=O) groups excluding carboxylic acids is 1. The van der Waals surface area contributed by atoms with Gasteiger partial charge in [-0.25, -0.2) is 0 Å². The maximum atomic E-state index is 13.3. The van der Waals surface area contributed by atoms with Gasteiger partial charge in [0, 0.05) is 47.9 Å². The number of hydrogen-bond donors (Lipinski definition) is 1. The van der Waals surface area contributed by atoms with E-state index in [9.17, 15) is 10.1 Å². The van der Waals surface area contributed by atoms with Gasteiger partial charge in [-0.15, -0.1) is 11.3 Å². The molecule has 2 N–H and O–H groups in total. The number of thiophene rings is 1. The van der Waals surface area contributed by atoms with Gasteiger partial charge in [0.2, 0.25) is 0 Å². The van der Waals surface area contributed by atoms with Crippen LogP contribution in [0.3, 0.4) is 0 Å². The van der Waals surface area contributed by atoms with Crippen LogP contribution in [0.2, 0.25) is 0 Å². The molecule has 2 aliphatic heterocycles. The molecule has 1 fully saturated rings. The number of nitrogens with two attached hydrogens (primary N) is 1. The van der Waals surface area contributed by atoms with Crippen LogP contribution in [0.15, 0.2) is 58.4 Å². The summed E-state index contributed by atoms with van der Waals surface area (Å²) < 4.78 is 10.8. The molecule has 7 nitrogen and oxygen atoms in total. The molecule has 0 radical (unpaired) electrons. The highest BCUT2D eigenvalue weighted by atomic mass is 32.1. The lowest BCUT2D eigenvalue weighted by Crippen LogP contribution is -2.38. The first-order valence-corrected chi connectivity index (χ1v) is 12.5. The first-order valence-electron chi connectivity index (χ1n) is 11.6. The monoisotopic (exact) mass is 476 g/mol. The first-order chi connectivity index (χ1) is 16.6. The summed E-state index contributed by atoms with van der Waals surface area (Å²) in [7, 11) is 1.62. The molecule has 1 saturated heterocycles. The van der Waals surface area contributed by atoms with E-state index in [1.807, 2.05) is 29.2 Å². The summed E-state index contributed by atoms with van der Waals surface area (Å²) >= 11 is 1.61. The number of carbonyl (C=O) groups is 1. The molecular weight excluding hydrogens is 448 g/mol. The van der Waals surface area contributed by atoms with Crippen LogP contribution in [0, 0.1) is 11.3 Å². The fourth-order valence-corrected chi connectivity index (χ4v) is 6.06. The third-order valence-corrected chi connectivity index (χ3v) is 7.76. The lowest BCUT2D eigenvalue weighted by molar-refractivity contribution is -0.116. The number of rotatable bonds is 5. The molecule has 3 heterocycles. The average Bonchev–Trinajstić information content (AvgIpc) is 3.32. The largest absolute Gasteiger partial charge is 0.497 e. The SMILES string of the molecule is COc1ccc(N2C(N)=C(C#N)[C@H](c3cc(CN4CCOCC4)cs3)C3=C2CCCC3=O)cc1. The number of allylic oxidation sites excluding steroid dienone is 3. The molecule has 5 rings (SSSR count). The zero-order valence-electron chi connectivity index (χ0n) is 19.3. The molecule has 3 aliphatic rings. The molecule has 1 aromatic carbocycles. The standard InChI is InChI=1S/C26H28N4O3S/c1-32-19-7-5-18(6-8-19)30-21-3-2-4-22(31)25(21)24(20(14-27)26(30)28)23-13-17(16-34-23)15-29-9-11-33-12-10-29/h5-8,13,16,24H,2-4,9-12,15,28H2,1H3/t24-/m1/s1. The van der Waals surface area contributed by atoms with Crippen molar-refractivity contribution in [2.75, 3.05) is 38.3 Å². The summed E-state index contributed by atoms with van der Waals surface area (Å²) in [5.74, 6) is 0.829. The van der Waals surface area contributed by atoms with E-state index in [1.165, 1.54) is 5.56 Å². The van der Waals surface area contributed by atoms with Crippen molar-refractivity contribution in [3.05, 3.63) is 68.8 Å². The Balaban J connectivity index is 1.55. The smallest absolute Gasteiger partial charge is 0.161 e. The molecule has 1 aromatic heterocycles. The van der Waals surface area contributed by atoms with Crippen molar-refractivity contribution in [2.24, 2.45) is 5.73 Å². The van der Waals surface area contributed by atoms with Gasteiger partial charge in [-0.05, 0) is 54.1 Å². The summed E-state index contributed by atoms with van der Waals surface area (Å²) in [6.07, 6.45) is 2.02. The molecule has 34 heavy (non-hydrogen) atoms. The van der Waals surface area contributed by atoms with Gasteiger partial charge in [0.25, 0.3) is 0 Å². The maximum Gasteiger partial charge on any atom is 0.161 e. The van der Waals surface area contributed by atoms with E-state index in [0.717, 1.165) is 67.7 Å². The van der Waals surface area contributed by atoms with Crippen molar-refractivity contribution in [1.29, 1.82) is 5.26 Å². The summed E-state index contributed by atoms with van der Waals surface area (Å²) in [5, 5.41) is 12.3. The van der Waals surface area contributed by atoms with E-state index in [0.29, 0.717) is 23.4 Å². The van der Waals surface area contributed by atoms with E-state index < -0.39 is 5.92 Å². The van der Waals surface area contributed by atoms with Gasteiger partial charge < -0.3 is 15.2 Å². The van der Waals surface area contributed by atoms with Crippen LogP contribution in [0.1, 0.15) is 35.6 Å².